The van der Waals surface area contributed by atoms with Crippen LogP contribution in [0.2, 0.25) is 0 Å². The first-order valence-electron chi connectivity index (χ1n) is 34.2. The quantitative estimate of drug-likeness (QED) is 0.0224. The molecule has 1 aromatic heterocycles. The molecule has 11 amide bonds. The number of halogens is 1. The van der Waals surface area contributed by atoms with Gasteiger partial charge in [-0.05, 0) is 106 Å². The summed E-state index contributed by atoms with van der Waals surface area (Å²) in [4.78, 5) is 185. The average Bonchev–Trinajstić information content (AvgIpc) is 1.45. The Morgan fingerprint density at radius 1 is 0.721 bits per heavy atom. The van der Waals surface area contributed by atoms with Gasteiger partial charge in [0, 0.05) is 38.4 Å². The molecule has 0 unspecified atom stereocenters. The zero-order valence-electron chi connectivity index (χ0n) is 59.2. The van der Waals surface area contributed by atoms with Crippen molar-refractivity contribution in [3.8, 4) is 16.9 Å². The molecule has 33 nitrogen and oxygen atoms in total. The third-order valence-electron chi connectivity index (χ3n) is 17.8. The molecule has 4 aromatic rings. The number of likely N-dealkylation sites (tertiary alicyclic amines) is 1. The summed E-state index contributed by atoms with van der Waals surface area (Å²) < 4.78 is 20.9. The lowest BCUT2D eigenvalue weighted by atomic mass is 9.90. The van der Waals surface area contributed by atoms with Crippen LogP contribution in [0.4, 0.5) is 4.39 Å². The van der Waals surface area contributed by atoms with Gasteiger partial charge in [0.05, 0.1) is 57.0 Å². The smallest absolute Gasteiger partial charge is 0.305 e. The Morgan fingerprint density at radius 3 is 1.95 bits per heavy atom. The number of unbranched alkanes of at least 4 members (excludes halogenated alkanes) is 3. The number of aromatic amines is 1. The van der Waals surface area contributed by atoms with E-state index in [-0.39, 0.29) is 37.8 Å². The van der Waals surface area contributed by atoms with E-state index in [1.807, 2.05) is 26.0 Å². The van der Waals surface area contributed by atoms with Crippen molar-refractivity contribution in [3.63, 3.8) is 0 Å². The van der Waals surface area contributed by atoms with Crippen molar-refractivity contribution >= 4 is 76.9 Å². The van der Waals surface area contributed by atoms with Crippen LogP contribution in [0.15, 0.2) is 79.3 Å². The van der Waals surface area contributed by atoms with Crippen molar-refractivity contribution < 1.29 is 97.0 Å². The highest BCUT2D eigenvalue weighted by molar-refractivity contribution is 6.01. The van der Waals surface area contributed by atoms with Gasteiger partial charge in [0.2, 0.25) is 65.0 Å². The molecule has 0 saturated carbocycles. The second-order valence-corrected chi connectivity index (χ2v) is 26.0. The van der Waals surface area contributed by atoms with Gasteiger partial charge in [-0.15, -0.1) is 0 Å². The molecule has 3 aromatic carbocycles. The number of rotatable bonds is 42. The van der Waals surface area contributed by atoms with E-state index < -0.39 is 193 Å². The Bertz CT molecular complexity index is 3670. The number of carboxylic acids is 2. The molecule has 19 N–H and O–H groups in total. The minimum Gasteiger partial charge on any atom is -0.497 e. The predicted molar refractivity (Wildman–Crippen MR) is 372 cm³/mol. The Labute approximate surface area is 600 Å². The van der Waals surface area contributed by atoms with Gasteiger partial charge in [-0.2, -0.15) is 0 Å². The molecule has 0 bridgehead atoms. The van der Waals surface area contributed by atoms with Crippen LogP contribution in [0, 0.1) is 5.82 Å². The topological polar surface area (TPSA) is 525 Å². The number of amides is 11. The van der Waals surface area contributed by atoms with Crippen LogP contribution in [0.3, 0.4) is 0 Å². The van der Waals surface area contributed by atoms with Gasteiger partial charge in [0.15, 0.2) is 0 Å². The van der Waals surface area contributed by atoms with Crippen LogP contribution in [0.1, 0.15) is 128 Å². The van der Waals surface area contributed by atoms with Crippen LogP contribution < -0.4 is 64.1 Å². The molecule has 12 atom stereocenters. The first kappa shape index (κ1) is 84.2. The number of benzene rings is 3. The SMILES string of the molecule is CCCCCC[C@H](NC(=O)[C@H](Cc1ccc(-c2ccc(OC)cc2CC)cc1)NC(=O)[C@H](CC(=O)O)NC(=O)[C@H](CO)NC(=O)[C@@H](NC(=O)[C@](C)(Cc1ccccc1F)NC(=O)[C@@H](NC(=O)CNC(=O)[C@H](CCC(=O)O)NC(=O)[C@]1(C)CCCN1C(=O)[C@@H](N)Cc1c[nH]cn1)[C@@H](C)O)[C@@H](C)O)C(N)=O. The van der Waals surface area contributed by atoms with E-state index in [1.54, 1.807) is 43.6 Å². The molecule has 0 spiro atoms. The summed E-state index contributed by atoms with van der Waals surface area (Å²) in [5, 5.41) is 72.9. The minimum absolute atomic E-state index is 0.0322. The Kier molecular flexibility index (Phi) is 32.3. The van der Waals surface area contributed by atoms with Crippen LogP contribution in [-0.4, -0.2) is 216 Å². The molecule has 5 rings (SSSR count). The first-order valence-corrected chi connectivity index (χ1v) is 34.2. The fourth-order valence-corrected chi connectivity index (χ4v) is 11.8. The van der Waals surface area contributed by atoms with Gasteiger partial charge in [0.25, 0.3) is 0 Å². The molecule has 1 fully saturated rings. The van der Waals surface area contributed by atoms with Crippen molar-refractivity contribution in [2.24, 2.45) is 11.5 Å². The fraction of sp³-hybridized carbons (Fsp3) is 0.514. The highest BCUT2D eigenvalue weighted by atomic mass is 19.1. The zero-order chi connectivity index (χ0) is 77.2. The number of hydrogen-bond donors (Lipinski definition) is 17. The number of carbonyl (C=O) groups is 13. The van der Waals surface area contributed by atoms with Gasteiger partial charge in [-0.1, -0.05) is 88.1 Å². The van der Waals surface area contributed by atoms with Crippen molar-refractivity contribution in [3.05, 3.63) is 107 Å². The third kappa shape index (κ3) is 24.4. The average molecular weight is 1460 g/mol. The Hall–Kier alpha value is -10.4. The first-order chi connectivity index (χ1) is 49.2. The summed E-state index contributed by atoms with van der Waals surface area (Å²) in [5.41, 5.74) is 11.4. The molecule has 34 heteroatoms. The van der Waals surface area contributed by atoms with Gasteiger partial charge in [-0.25, -0.2) is 9.37 Å². The number of aryl methyl sites for hydroxylation is 1. The molecular formula is C70H97FN14O19. The van der Waals surface area contributed by atoms with Gasteiger partial charge in [0.1, 0.15) is 64.9 Å². The third-order valence-corrected chi connectivity index (χ3v) is 17.8. The Balaban J connectivity index is 1.32. The second-order valence-electron chi connectivity index (χ2n) is 26.0. The number of nitrogens with two attached hydrogens (primary N) is 2. The van der Waals surface area contributed by atoms with Crippen LogP contribution in [0.25, 0.3) is 11.1 Å². The molecular weight excluding hydrogens is 1360 g/mol. The Morgan fingerprint density at radius 2 is 1.36 bits per heavy atom. The van der Waals surface area contributed by atoms with Crippen LogP contribution in [-0.2, 0) is 88.0 Å². The molecule has 568 valence electrons. The summed E-state index contributed by atoms with van der Waals surface area (Å²) in [5.74, 6) is -15.4. The van der Waals surface area contributed by atoms with Gasteiger partial charge in [-0.3, -0.25) is 62.3 Å². The molecule has 0 aliphatic carbocycles. The summed E-state index contributed by atoms with van der Waals surface area (Å²) in [6.45, 7) is 6.39. The summed E-state index contributed by atoms with van der Waals surface area (Å²) in [7, 11) is 1.55. The maximum atomic E-state index is 15.5. The highest BCUT2D eigenvalue weighted by Crippen LogP contribution is 2.32. The molecule has 1 aliphatic rings. The van der Waals surface area contributed by atoms with E-state index in [1.165, 1.54) is 36.4 Å². The summed E-state index contributed by atoms with van der Waals surface area (Å²) >= 11 is 0. The van der Waals surface area contributed by atoms with Crippen molar-refractivity contribution in [1.82, 2.24) is 62.7 Å². The number of nitrogens with one attached hydrogen (secondary N) is 10. The molecule has 1 saturated heterocycles. The lowest BCUT2D eigenvalue weighted by molar-refractivity contribution is -0.146. The maximum absolute atomic E-state index is 15.5. The van der Waals surface area contributed by atoms with E-state index >= 15 is 4.39 Å². The standard InChI is InChI=1S/C70H97FN14O19/c1-8-10-11-12-18-49(59(73)94)77-61(96)51(29-40-19-21-42(22-20-40)46-24-23-45(104-7)30-41(46)9-2)78-62(97)52(32-56(92)93)79-63(98)53(36-86)80-64(99)57(38(3)87)83-67(102)69(5,33-43-16-13-14-17-47(43)71)84-65(100)58(39(4)88)82-54(89)35-75-60(95)50(25-26-55(90)91)81-68(103)70(6)27-15-28-85(70)66(101)48(72)31-44-34-74-37-76-44/h13-14,16-17,19-24,30,34,37-39,48-53,57-58,86-88H,8-12,15,18,25-29,31-33,35-36,72H2,1-7H3,(H2,73,94)(H,74,76)(H,75,95)(H,77,96)(H,78,97)(H,79,98)(H,80,99)(H,81,103)(H,82,89)(H,83,102)(H,84,100)(H,90,91)(H,92,93)/t38-,39-,48+,49+,50+,51+,52+,53+,57+,58+,69+,70+/m1/s1. The van der Waals surface area contributed by atoms with Crippen LogP contribution >= 0.6 is 0 Å². The van der Waals surface area contributed by atoms with E-state index in [9.17, 15) is 87.9 Å². The lowest BCUT2D eigenvalue weighted by Crippen LogP contribution is -2.67. The number of carbonyl (C=O) groups excluding carboxylic acids is 11. The zero-order valence-corrected chi connectivity index (χ0v) is 59.2. The normalized spacial score (nSPS) is 16.8. The largest absolute Gasteiger partial charge is 0.497 e. The molecule has 104 heavy (non-hydrogen) atoms. The number of carboxylic acid groups (broad SMARTS) is 2. The summed E-state index contributed by atoms with van der Waals surface area (Å²) in [6, 6.07) is 3.79. The number of aromatic nitrogens is 2. The maximum Gasteiger partial charge on any atom is 0.305 e. The summed E-state index contributed by atoms with van der Waals surface area (Å²) in [6.07, 6.45) is 0.241. The van der Waals surface area contributed by atoms with E-state index in [0.29, 0.717) is 42.7 Å². The monoisotopic (exact) mass is 1460 g/mol. The van der Waals surface area contributed by atoms with E-state index in [0.717, 1.165) is 56.4 Å². The number of aliphatic carboxylic acids is 2. The number of primary amides is 1. The van der Waals surface area contributed by atoms with Crippen molar-refractivity contribution in [2.45, 2.75) is 203 Å². The number of hydrogen-bond acceptors (Lipinski definition) is 19. The highest BCUT2D eigenvalue weighted by Gasteiger charge is 2.48. The predicted octanol–water partition coefficient (Wildman–Crippen LogP) is -1.54. The number of aliphatic hydroxyl groups is 3. The van der Waals surface area contributed by atoms with Crippen molar-refractivity contribution in [2.75, 3.05) is 26.8 Å². The van der Waals surface area contributed by atoms with Gasteiger partial charge >= 0.3 is 11.9 Å². The second kappa shape index (κ2) is 39.8. The number of aliphatic hydroxyl groups excluding tert-OH is 3. The number of methoxy groups -OCH3 is 1. The molecule has 1 aliphatic heterocycles. The number of nitrogens with zero attached hydrogens (tertiary/aromatic N) is 2. The number of imidazole rings is 1. The van der Waals surface area contributed by atoms with E-state index in [2.05, 4.69) is 57.8 Å². The number of ether oxygens (including phenoxy) is 1. The lowest BCUT2D eigenvalue weighted by Gasteiger charge is -2.36. The van der Waals surface area contributed by atoms with E-state index in [4.69, 9.17) is 16.2 Å². The minimum atomic E-state index is -2.41. The molecule has 0 radical (unpaired) electrons. The fourth-order valence-electron chi connectivity index (χ4n) is 11.8. The molecule has 2 heterocycles. The van der Waals surface area contributed by atoms with Crippen molar-refractivity contribution in [1.29, 1.82) is 0 Å². The van der Waals surface area contributed by atoms with Crippen LogP contribution in [0.5, 0.6) is 5.75 Å². The van der Waals surface area contributed by atoms with Gasteiger partial charge < -0.3 is 99.5 Å². The number of H-pyrrole nitrogens is 1.